The van der Waals surface area contributed by atoms with Gasteiger partial charge in [0.05, 0.1) is 0 Å². The summed E-state index contributed by atoms with van der Waals surface area (Å²) in [5, 5.41) is 0. The summed E-state index contributed by atoms with van der Waals surface area (Å²) in [6, 6.07) is 3.61. The van der Waals surface area contributed by atoms with Crippen LogP contribution in [0.2, 0.25) is 0 Å². The molecule has 106 valence electrons. The van der Waals surface area contributed by atoms with Gasteiger partial charge in [-0.25, -0.2) is 4.39 Å². The van der Waals surface area contributed by atoms with Gasteiger partial charge in [-0.05, 0) is 57.4 Å². The maximum Gasteiger partial charge on any atom is 0.161 e. The van der Waals surface area contributed by atoms with Crippen molar-refractivity contribution in [2.24, 2.45) is 5.73 Å². The fourth-order valence-electron chi connectivity index (χ4n) is 2.32. The molecule has 0 aromatic heterocycles. The van der Waals surface area contributed by atoms with Gasteiger partial charge in [-0.2, -0.15) is 0 Å². The third-order valence-electron chi connectivity index (χ3n) is 3.05. The highest BCUT2D eigenvalue weighted by atomic mass is 19.1. The van der Waals surface area contributed by atoms with Crippen molar-refractivity contribution in [3.63, 3.8) is 0 Å². The van der Waals surface area contributed by atoms with Crippen LogP contribution in [0.25, 0.3) is 0 Å². The molecule has 2 N–H and O–H groups in total. The fourth-order valence-corrected chi connectivity index (χ4v) is 2.32. The lowest BCUT2D eigenvalue weighted by molar-refractivity contribution is 0.168. The first-order chi connectivity index (χ1) is 8.67. The summed E-state index contributed by atoms with van der Waals surface area (Å²) in [6.45, 7) is 7.98. The number of ether oxygens (including phenoxy) is 2. The molecular weight excluding hydrogens is 245 g/mol. The number of halogens is 1. The van der Waals surface area contributed by atoms with E-state index in [0.717, 1.165) is 5.56 Å². The molecule has 3 nitrogen and oxygen atoms in total. The zero-order chi connectivity index (χ0) is 14.3. The zero-order valence-corrected chi connectivity index (χ0v) is 12.0. The molecule has 0 atom stereocenters. The van der Waals surface area contributed by atoms with Crippen molar-refractivity contribution in [1.82, 2.24) is 0 Å². The molecule has 0 radical (unpaired) electrons. The first-order valence-corrected chi connectivity index (χ1v) is 6.58. The number of fused-ring (bicyclic) bond motifs is 1. The molecule has 0 spiro atoms. The van der Waals surface area contributed by atoms with Crippen LogP contribution in [0.4, 0.5) is 4.39 Å². The Morgan fingerprint density at radius 1 is 1.11 bits per heavy atom. The van der Waals surface area contributed by atoms with E-state index in [-0.39, 0.29) is 0 Å². The van der Waals surface area contributed by atoms with Crippen molar-refractivity contribution in [2.75, 3.05) is 13.2 Å². The third kappa shape index (κ3) is 3.38. The van der Waals surface area contributed by atoms with Crippen molar-refractivity contribution >= 4 is 0 Å². The molecule has 19 heavy (non-hydrogen) atoms. The first-order valence-electron chi connectivity index (χ1n) is 6.58. The predicted molar refractivity (Wildman–Crippen MR) is 73.5 cm³/mol. The maximum atomic E-state index is 14.4. The quantitative estimate of drug-likeness (QED) is 0.915. The van der Waals surface area contributed by atoms with Crippen LogP contribution in [0.1, 0.15) is 38.8 Å². The molecule has 1 heterocycles. The van der Waals surface area contributed by atoms with Crippen LogP contribution in [0, 0.1) is 0 Å². The lowest BCUT2D eigenvalue weighted by Crippen LogP contribution is -2.35. The monoisotopic (exact) mass is 267 g/mol. The predicted octanol–water partition coefficient (Wildman–Crippen LogP) is 2.94. The average molecular weight is 267 g/mol. The van der Waals surface area contributed by atoms with Gasteiger partial charge in [-0.3, -0.25) is 0 Å². The average Bonchev–Trinajstić information content (AvgIpc) is 2.24. The highest BCUT2D eigenvalue weighted by Gasteiger charge is 2.28. The van der Waals surface area contributed by atoms with Gasteiger partial charge in [0.1, 0.15) is 18.9 Å². The van der Waals surface area contributed by atoms with Gasteiger partial charge in [0.25, 0.3) is 0 Å². The summed E-state index contributed by atoms with van der Waals surface area (Å²) in [5.41, 5.74) is 5.73. The maximum absolute atomic E-state index is 14.4. The third-order valence-corrected chi connectivity index (χ3v) is 3.05. The Morgan fingerprint density at radius 3 is 2.11 bits per heavy atom. The van der Waals surface area contributed by atoms with Gasteiger partial charge in [0.15, 0.2) is 11.5 Å². The highest BCUT2D eigenvalue weighted by Crippen LogP contribution is 2.39. The van der Waals surface area contributed by atoms with E-state index >= 15 is 0 Å². The van der Waals surface area contributed by atoms with E-state index in [1.165, 1.54) is 0 Å². The van der Waals surface area contributed by atoms with Crippen molar-refractivity contribution in [3.8, 4) is 11.5 Å². The molecule has 2 rings (SSSR count). The summed E-state index contributed by atoms with van der Waals surface area (Å²) in [6.07, 6.45) is 0.590. The molecule has 0 saturated heterocycles. The molecule has 0 aliphatic carbocycles. The van der Waals surface area contributed by atoms with E-state index in [1.54, 1.807) is 19.9 Å². The molecule has 0 unspecified atom stereocenters. The Kier molecular flexibility index (Phi) is 3.47. The van der Waals surface area contributed by atoms with Gasteiger partial charge in [0.2, 0.25) is 0 Å². The first kappa shape index (κ1) is 14.1. The van der Waals surface area contributed by atoms with Crippen LogP contribution in [0.3, 0.4) is 0 Å². The van der Waals surface area contributed by atoms with Crippen LogP contribution in [-0.4, -0.2) is 18.8 Å². The van der Waals surface area contributed by atoms with Crippen molar-refractivity contribution in [2.45, 2.75) is 45.3 Å². The van der Waals surface area contributed by atoms with E-state index in [4.69, 9.17) is 15.2 Å². The molecule has 1 aliphatic heterocycles. The summed E-state index contributed by atoms with van der Waals surface area (Å²) in [4.78, 5) is 0. The Hall–Kier alpha value is -1.29. The van der Waals surface area contributed by atoms with Gasteiger partial charge >= 0.3 is 0 Å². The Labute approximate surface area is 113 Å². The second kappa shape index (κ2) is 4.67. The van der Waals surface area contributed by atoms with E-state index in [0.29, 0.717) is 36.7 Å². The van der Waals surface area contributed by atoms with Crippen LogP contribution < -0.4 is 15.2 Å². The van der Waals surface area contributed by atoms with Crippen LogP contribution in [0.15, 0.2) is 12.1 Å². The van der Waals surface area contributed by atoms with Crippen molar-refractivity contribution in [1.29, 1.82) is 0 Å². The Morgan fingerprint density at radius 2 is 1.63 bits per heavy atom. The van der Waals surface area contributed by atoms with Gasteiger partial charge in [0, 0.05) is 5.54 Å². The smallest absolute Gasteiger partial charge is 0.161 e. The van der Waals surface area contributed by atoms with E-state index in [1.807, 2.05) is 19.9 Å². The Bertz CT molecular complexity index is 472. The number of benzene rings is 1. The fraction of sp³-hybridized carbons (Fsp3) is 0.600. The minimum Gasteiger partial charge on any atom is -0.486 e. The largest absolute Gasteiger partial charge is 0.486 e. The molecule has 0 bridgehead atoms. The second-order valence-electron chi connectivity index (χ2n) is 6.29. The van der Waals surface area contributed by atoms with Crippen LogP contribution >= 0.6 is 0 Å². The number of nitrogens with two attached hydrogens (primary N) is 1. The van der Waals surface area contributed by atoms with Gasteiger partial charge in [-0.1, -0.05) is 0 Å². The van der Waals surface area contributed by atoms with E-state index < -0.39 is 11.2 Å². The summed E-state index contributed by atoms with van der Waals surface area (Å²) in [5.74, 6) is 1.30. The summed E-state index contributed by atoms with van der Waals surface area (Å²) >= 11 is 0. The minimum absolute atomic E-state index is 0.399. The van der Waals surface area contributed by atoms with E-state index in [9.17, 15) is 4.39 Å². The zero-order valence-electron chi connectivity index (χ0n) is 12.0. The molecule has 1 aliphatic rings. The Balaban J connectivity index is 2.49. The van der Waals surface area contributed by atoms with Gasteiger partial charge < -0.3 is 15.2 Å². The number of hydrogen-bond donors (Lipinski definition) is 1. The number of alkyl halides is 1. The lowest BCUT2D eigenvalue weighted by atomic mass is 9.87. The second-order valence-corrected chi connectivity index (χ2v) is 6.29. The molecule has 4 heteroatoms. The molecule has 1 aromatic carbocycles. The number of hydrogen-bond acceptors (Lipinski definition) is 3. The summed E-state index contributed by atoms with van der Waals surface area (Å²) in [7, 11) is 0. The van der Waals surface area contributed by atoms with E-state index in [2.05, 4.69) is 0 Å². The SMILES string of the molecule is CC(C)(N)Cc1cc2c(cc1C(C)(C)F)OCCO2. The van der Waals surface area contributed by atoms with Crippen LogP contribution in [0.5, 0.6) is 11.5 Å². The topological polar surface area (TPSA) is 44.5 Å². The molecule has 0 saturated carbocycles. The van der Waals surface area contributed by atoms with Crippen molar-refractivity contribution in [3.05, 3.63) is 23.3 Å². The summed E-state index contributed by atoms with van der Waals surface area (Å²) < 4.78 is 25.5. The molecule has 0 amide bonds. The molecule has 0 fully saturated rings. The van der Waals surface area contributed by atoms with Crippen molar-refractivity contribution < 1.29 is 13.9 Å². The molecular formula is C15H22FNO2. The normalized spacial score (nSPS) is 15.5. The highest BCUT2D eigenvalue weighted by molar-refractivity contribution is 5.50. The van der Waals surface area contributed by atoms with Gasteiger partial charge in [-0.15, -0.1) is 0 Å². The molecule has 1 aromatic rings. The minimum atomic E-state index is -1.43. The standard InChI is InChI=1S/C15H22FNO2/c1-14(2,17)9-10-7-12-13(19-6-5-18-12)8-11(10)15(3,4)16/h7-8H,5-6,9,17H2,1-4H3. The van der Waals surface area contributed by atoms with Crippen LogP contribution in [-0.2, 0) is 12.1 Å². The number of rotatable bonds is 3. The lowest BCUT2D eigenvalue weighted by Gasteiger charge is -2.28.